The molecule has 1 aromatic rings. The summed E-state index contributed by atoms with van der Waals surface area (Å²) in [6.07, 6.45) is 0.222. The second-order valence-corrected chi connectivity index (χ2v) is 6.49. The van der Waals surface area contributed by atoms with Crippen molar-refractivity contribution in [2.24, 2.45) is 0 Å². The third kappa shape index (κ3) is 6.73. The quantitative estimate of drug-likeness (QED) is 0.464. The van der Waals surface area contributed by atoms with Crippen molar-refractivity contribution < 1.29 is 14.5 Å². The summed E-state index contributed by atoms with van der Waals surface area (Å²) >= 11 is 5.88. The Morgan fingerprint density at radius 2 is 2.00 bits per heavy atom. The van der Waals surface area contributed by atoms with Crippen molar-refractivity contribution in [1.29, 1.82) is 0 Å². The Morgan fingerprint density at radius 3 is 2.57 bits per heavy atom. The van der Waals surface area contributed by atoms with Gasteiger partial charge in [0, 0.05) is 24.8 Å². The largest absolute Gasteiger partial charge is 0.444 e. The lowest BCUT2D eigenvalue weighted by atomic mass is 10.1. The molecular formula is C15H22ClN3O4. The predicted octanol–water partition coefficient (Wildman–Crippen LogP) is 3.88. The molecule has 8 heteroatoms. The van der Waals surface area contributed by atoms with Gasteiger partial charge in [-0.3, -0.25) is 10.1 Å². The summed E-state index contributed by atoms with van der Waals surface area (Å²) < 4.78 is 5.12. The highest BCUT2D eigenvalue weighted by molar-refractivity contribution is 6.33. The molecule has 2 N–H and O–H groups in total. The molecule has 0 bridgehead atoms. The van der Waals surface area contributed by atoms with Gasteiger partial charge in [0.15, 0.2) is 0 Å². The van der Waals surface area contributed by atoms with Crippen LogP contribution >= 0.6 is 11.6 Å². The molecule has 23 heavy (non-hydrogen) atoms. The van der Waals surface area contributed by atoms with Gasteiger partial charge in [-0.25, -0.2) is 4.79 Å². The first-order chi connectivity index (χ1) is 10.6. The summed E-state index contributed by atoms with van der Waals surface area (Å²) in [4.78, 5) is 21.7. The van der Waals surface area contributed by atoms with Crippen LogP contribution in [0.15, 0.2) is 12.1 Å². The standard InChI is InChI=1S/C15H22ClN3O4/c1-10-8-13(19(21)22)11(16)9-12(10)17-6-5-7-18-14(20)23-15(2,3)4/h8-9,17H,5-7H2,1-4H3,(H,18,20). The number of hydrogen-bond donors (Lipinski definition) is 2. The zero-order chi connectivity index (χ0) is 17.6. The molecule has 0 saturated heterocycles. The number of ether oxygens (including phenoxy) is 1. The van der Waals surface area contributed by atoms with Crippen molar-refractivity contribution in [3.8, 4) is 0 Å². The molecule has 0 aliphatic carbocycles. The van der Waals surface area contributed by atoms with Crippen LogP contribution in [0, 0.1) is 17.0 Å². The van der Waals surface area contributed by atoms with Gasteiger partial charge in [0.05, 0.1) is 4.92 Å². The van der Waals surface area contributed by atoms with E-state index in [4.69, 9.17) is 16.3 Å². The van der Waals surface area contributed by atoms with Crippen LogP contribution in [0.1, 0.15) is 32.8 Å². The van der Waals surface area contributed by atoms with Gasteiger partial charge in [0.25, 0.3) is 5.69 Å². The van der Waals surface area contributed by atoms with Crippen molar-refractivity contribution in [2.75, 3.05) is 18.4 Å². The minimum atomic E-state index is -0.519. The van der Waals surface area contributed by atoms with Crippen LogP contribution in [0.5, 0.6) is 0 Å². The maximum atomic E-state index is 11.5. The van der Waals surface area contributed by atoms with Crippen LogP contribution in [0.3, 0.4) is 0 Å². The SMILES string of the molecule is Cc1cc([N+](=O)[O-])c(Cl)cc1NCCCNC(=O)OC(C)(C)C. The summed E-state index contributed by atoms with van der Waals surface area (Å²) in [5, 5.41) is 16.7. The van der Waals surface area contributed by atoms with Crippen molar-refractivity contribution in [3.05, 3.63) is 32.8 Å². The van der Waals surface area contributed by atoms with Gasteiger partial charge in [-0.15, -0.1) is 0 Å². The van der Waals surface area contributed by atoms with Crippen LogP contribution in [-0.4, -0.2) is 29.7 Å². The molecular weight excluding hydrogens is 322 g/mol. The Hall–Kier alpha value is -2.02. The highest BCUT2D eigenvalue weighted by Crippen LogP contribution is 2.30. The second kappa shape index (κ2) is 8.01. The van der Waals surface area contributed by atoms with Gasteiger partial charge in [-0.2, -0.15) is 0 Å². The van der Waals surface area contributed by atoms with E-state index in [1.165, 1.54) is 12.1 Å². The maximum absolute atomic E-state index is 11.5. The Balaban J connectivity index is 2.41. The lowest BCUT2D eigenvalue weighted by molar-refractivity contribution is -0.384. The summed E-state index contributed by atoms with van der Waals surface area (Å²) in [6, 6.07) is 2.97. The smallest absolute Gasteiger partial charge is 0.407 e. The van der Waals surface area contributed by atoms with E-state index >= 15 is 0 Å². The topological polar surface area (TPSA) is 93.5 Å². The van der Waals surface area contributed by atoms with Crippen molar-refractivity contribution >= 4 is 29.1 Å². The number of nitrogens with zero attached hydrogens (tertiary/aromatic N) is 1. The molecule has 0 heterocycles. The Morgan fingerprint density at radius 1 is 1.35 bits per heavy atom. The number of nitrogens with one attached hydrogen (secondary N) is 2. The molecule has 128 valence electrons. The van der Waals surface area contributed by atoms with Crippen molar-refractivity contribution in [1.82, 2.24) is 5.32 Å². The van der Waals surface area contributed by atoms with E-state index in [1.54, 1.807) is 27.7 Å². The number of nitro benzene ring substituents is 1. The van der Waals surface area contributed by atoms with E-state index in [-0.39, 0.29) is 10.7 Å². The average Bonchev–Trinajstić information content (AvgIpc) is 2.39. The number of carbonyl (C=O) groups is 1. The number of nitro groups is 1. The van der Waals surface area contributed by atoms with E-state index in [9.17, 15) is 14.9 Å². The molecule has 0 radical (unpaired) electrons. The van der Waals surface area contributed by atoms with E-state index < -0.39 is 16.6 Å². The molecule has 0 spiro atoms. The summed E-state index contributed by atoms with van der Waals surface area (Å²) in [6.45, 7) is 8.22. The number of aryl methyl sites for hydroxylation is 1. The van der Waals surface area contributed by atoms with Crippen molar-refractivity contribution in [2.45, 2.75) is 39.7 Å². The van der Waals surface area contributed by atoms with Gasteiger partial charge in [-0.1, -0.05) is 11.6 Å². The summed E-state index contributed by atoms with van der Waals surface area (Å²) in [5.41, 5.74) is 0.843. The molecule has 1 rings (SSSR count). The van der Waals surface area contributed by atoms with Crippen LogP contribution in [0.4, 0.5) is 16.2 Å². The maximum Gasteiger partial charge on any atom is 0.407 e. The number of anilines is 1. The highest BCUT2D eigenvalue weighted by atomic mass is 35.5. The first-order valence-electron chi connectivity index (χ1n) is 7.25. The van der Waals surface area contributed by atoms with Crippen LogP contribution < -0.4 is 10.6 Å². The second-order valence-electron chi connectivity index (χ2n) is 6.08. The van der Waals surface area contributed by atoms with Crippen LogP contribution in [0.25, 0.3) is 0 Å². The van der Waals surface area contributed by atoms with Gasteiger partial charge >= 0.3 is 6.09 Å². The summed E-state index contributed by atoms with van der Waals surface area (Å²) in [7, 11) is 0. The molecule has 0 unspecified atom stereocenters. The molecule has 1 aromatic carbocycles. The number of rotatable bonds is 6. The van der Waals surface area contributed by atoms with Crippen LogP contribution in [0.2, 0.25) is 5.02 Å². The highest BCUT2D eigenvalue weighted by Gasteiger charge is 2.16. The van der Waals surface area contributed by atoms with Crippen molar-refractivity contribution in [3.63, 3.8) is 0 Å². The normalized spacial score (nSPS) is 11.0. The zero-order valence-corrected chi connectivity index (χ0v) is 14.5. The minimum Gasteiger partial charge on any atom is -0.444 e. The molecule has 0 saturated carbocycles. The third-order valence-electron chi connectivity index (χ3n) is 2.83. The van der Waals surface area contributed by atoms with Gasteiger partial charge in [0.1, 0.15) is 10.6 Å². The third-order valence-corrected chi connectivity index (χ3v) is 3.13. The number of halogens is 1. The number of hydrogen-bond acceptors (Lipinski definition) is 5. The number of alkyl carbamates (subject to hydrolysis) is 1. The molecule has 0 aromatic heterocycles. The molecule has 0 fully saturated rings. The monoisotopic (exact) mass is 343 g/mol. The number of benzene rings is 1. The molecule has 7 nitrogen and oxygen atoms in total. The van der Waals surface area contributed by atoms with E-state index in [2.05, 4.69) is 10.6 Å². The predicted molar refractivity (Wildman–Crippen MR) is 90.2 cm³/mol. The fraction of sp³-hybridized carbons (Fsp3) is 0.533. The Bertz CT molecular complexity index is 585. The molecule has 0 aliphatic rings. The van der Waals surface area contributed by atoms with E-state index in [1.807, 2.05) is 0 Å². The average molecular weight is 344 g/mol. The van der Waals surface area contributed by atoms with Gasteiger partial charge < -0.3 is 15.4 Å². The minimum absolute atomic E-state index is 0.0926. The van der Waals surface area contributed by atoms with Gasteiger partial charge in [-0.05, 0) is 45.7 Å². The first-order valence-corrected chi connectivity index (χ1v) is 7.63. The first kappa shape index (κ1) is 19.0. The van der Waals surface area contributed by atoms with E-state index in [0.29, 0.717) is 19.5 Å². The lowest BCUT2D eigenvalue weighted by Crippen LogP contribution is -2.33. The lowest BCUT2D eigenvalue weighted by Gasteiger charge is -2.19. The molecule has 0 atom stereocenters. The fourth-order valence-electron chi connectivity index (χ4n) is 1.81. The molecule has 0 aliphatic heterocycles. The molecule has 1 amide bonds. The van der Waals surface area contributed by atoms with Gasteiger partial charge in [0.2, 0.25) is 0 Å². The number of amides is 1. The van der Waals surface area contributed by atoms with E-state index in [0.717, 1.165) is 11.3 Å². The Labute approximate surface area is 140 Å². The Kier molecular flexibility index (Phi) is 6.62. The zero-order valence-electron chi connectivity index (χ0n) is 13.7. The summed E-state index contributed by atoms with van der Waals surface area (Å²) in [5.74, 6) is 0. The van der Waals surface area contributed by atoms with Crippen LogP contribution in [-0.2, 0) is 4.74 Å². The number of carbonyl (C=O) groups excluding carboxylic acids is 1. The fourth-order valence-corrected chi connectivity index (χ4v) is 2.05.